The Morgan fingerprint density at radius 1 is 0.792 bits per heavy atom. The fourth-order valence-corrected chi connectivity index (χ4v) is 12.3. The number of carbonyl (C=O) groups excluding carboxylic acids is 3. The molecule has 1 unspecified atom stereocenters. The first-order chi connectivity index (χ1) is 25.5. The maximum atomic E-state index is 14.2. The number of nitrogen functional groups attached to an aromatic ring is 2. The minimum absolute atomic E-state index is 0.00311. The molecule has 11 rings (SSSR count). The second kappa shape index (κ2) is 13.1. The van der Waals surface area contributed by atoms with Crippen molar-refractivity contribution in [1.82, 2.24) is 35.9 Å². The van der Waals surface area contributed by atoms with Crippen molar-refractivity contribution in [3.05, 3.63) is 41.7 Å². The van der Waals surface area contributed by atoms with Gasteiger partial charge in [0.15, 0.2) is 17.0 Å². The zero-order valence-electron chi connectivity index (χ0n) is 30.7. The second-order valence-electron chi connectivity index (χ2n) is 17.9. The third-order valence-electron chi connectivity index (χ3n) is 13.6. The first kappa shape index (κ1) is 34.2. The fourth-order valence-electron chi connectivity index (χ4n) is 12.3. The fraction of sp³-hybridized carbons (Fsp3) is 0.625. The zero-order valence-corrected chi connectivity index (χ0v) is 30.7. The second-order valence-corrected chi connectivity index (χ2v) is 17.9. The van der Waals surface area contributed by atoms with Gasteiger partial charge in [-0.3, -0.25) is 14.4 Å². The number of benzene rings is 1. The van der Waals surface area contributed by atoms with E-state index in [9.17, 15) is 14.4 Å². The quantitative estimate of drug-likeness (QED) is 0.191. The normalized spacial score (nSPS) is 32.4. The minimum atomic E-state index is -0.807. The van der Waals surface area contributed by atoms with Gasteiger partial charge in [-0.05, 0) is 143 Å². The summed E-state index contributed by atoms with van der Waals surface area (Å²) >= 11 is 0. The Hall–Kier alpha value is -4.55. The number of nitrogens with zero attached hydrogens (tertiary/aromatic N) is 5. The molecule has 8 fully saturated rings. The first-order valence-corrected chi connectivity index (χ1v) is 19.8. The van der Waals surface area contributed by atoms with E-state index in [2.05, 4.69) is 35.9 Å². The Balaban J connectivity index is 0.869. The molecule has 280 valence electrons. The van der Waals surface area contributed by atoms with E-state index in [1.807, 2.05) is 24.1 Å². The Morgan fingerprint density at radius 3 is 1.91 bits per heavy atom. The highest BCUT2D eigenvalue weighted by molar-refractivity contribution is 5.98. The lowest BCUT2D eigenvalue weighted by Gasteiger charge is -2.57. The van der Waals surface area contributed by atoms with Gasteiger partial charge in [0.05, 0.1) is 18.4 Å². The van der Waals surface area contributed by atoms with Crippen LogP contribution in [0.15, 0.2) is 30.5 Å². The molecule has 8 bridgehead atoms. The molecule has 53 heavy (non-hydrogen) atoms. The third-order valence-corrected chi connectivity index (χ3v) is 13.6. The van der Waals surface area contributed by atoms with Gasteiger partial charge >= 0.3 is 0 Å². The molecule has 0 radical (unpaired) electrons. The van der Waals surface area contributed by atoms with Crippen LogP contribution in [0.5, 0.6) is 0 Å². The van der Waals surface area contributed by atoms with Crippen molar-refractivity contribution in [1.29, 1.82) is 0 Å². The number of rotatable bonds is 11. The van der Waals surface area contributed by atoms with E-state index in [4.69, 9.17) is 11.5 Å². The largest absolute Gasteiger partial charge is 0.382 e. The van der Waals surface area contributed by atoms with Crippen LogP contribution < -0.4 is 32.3 Å². The molecule has 3 amide bonds. The number of aromatic nitrogens is 4. The monoisotopic (exact) mass is 720 g/mol. The van der Waals surface area contributed by atoms with Crippen LogP contribution in [0.3, 0.4) is 0 Å². The summed E-state index contributed by atoms with van der Waals surface area (Å²) in [4.78, 5) is 60.5. The molecule has 0 spiro atoms. The highest BCUT2D eigenvalue weighted by Gasteiger charge is 2.53. The van der Waals surface area contributed by atoms with Crippen molar-refractivity contribution >= 4 is 46.3 Å². The minimum Gasteiger partial charge on any atom is -0.382 e. The van der Waals surface area contributed by atoms with Gasteiger partial charge in [0.2, 0.25) is 17.8 Å². The van der Waals surface area contributed by atoms with Crippen LogP contribution in [0.4, 0.5) is 17.5 Å². The van der Waals surface area contributed by atoms with Crippen molar-refractivity contribution in [2.75, 3.05) is 23.4 Å². The molecule has 2 aromatic heterocycles. The van der Waals surface area contributed by atoms with Crippen LogP contribution >= 0.6 is 0 Å². The average molecular weight is 721 g/mol. The Bertz CT molecular complexity index is 1860. The van der Waals surface area contributed by atoms with E-state index < -0.39 is 6.04 Å². The van der Waals surface area contributed by atoms with Crippen LogP contribution in [0.25, 0.3) is 11.2 Å². The lowest BCUT2D eigenvalue weighted by Crippen LogP contribution is -2.63. The van der Waals surface area contributed by atoms with Gasteiger partial charge < -0.3 is 32.3 Å². The Morgan fingerprint density at radius 2 is 1.34 bits per heavy atom. The van der Waals surface area contributed by atoms with E-state index in [0.717, 1.165) is 62.0 Å². The number of hydrogen-bond donors (Lipinski definition) is 5. The summed E-state index contributed by atoms with van der Waals surface area (Å²) in [6, 6.07) is 6.44. The number of carbonyl (C=O) groups is 3. The molecule has 3 aromatic rings. The van der Waals surface area contributed by atoms with Crippen molar-refractivity contribution in [2.45, 2.75) is 114 Å². The third kappa shape index (κ3) is 6.87. The molecule has 8 saturated carbocycles. The Labute approximate surface area is 310 Å². The Kier molecular flexibility index (Phi) is 8.45. The van der Waals surface area contributed by atoms with E-state index in [0.29, 0.717) is 46.7 Å². The molecule has 0 saturated heterocycles. The predicted octanol–water partition coefficient (Wildman–Crippen LogP) is 4.27. The summed E-state index contributed by atoms with van der Waals surface area (Å²) in [6.45, 7) is 0.427. The van der Waals surface area contributed by atoms with Gasteiger partial charge in [-0.1, -0.05) is 0 Å². The smallest absolute Gasteiger partial charge is 0.251 e. The van der Waals surface area contributed by atoms with Gasteiger partial charge in [-0.2, -0.15) is 9.97 Å². The van der Waals surface area contributed by atoms with E-state index in [1.165, 1.54) is 38.5 Å². The summed E-state index contributed by atoms with van der Waals surface area (Å²) in [7, 11) is 1.92. The lowest BCUT2D eigenvalue weighted by atomic mass is 9.53. The molecule has 2 heterocycles. The molecule has 8 aliphatic carbocycles. The average Bonchev–Trinajstić information content (AvgIpc) is 3.08. The predicted molar refractivity (Wildman–Crippen MR) is 201 cm³/mol. The molecule has 1 atom stereocenters. The van der Waals surface area contributed by atoms with Crippen LogP contribution in [-0.2, 0) is 16.1 Å². The van der Waals surface area contributed by atoms with Crippen LogP contribution in [0.2, 0.25) is 0 Å². The zero-order chi connectivity index (χ0) is 36.5. The van der Waals surface area contributed by atoms with E-state index >= 15 is 0 Å². The highest BCUT2D eigenvalue weighted by atomic mass is 16.2. The first-order valence-electron chi connectivity index (χ1n) is 19.8. The molecule has 7 N–H and O–H groups in total. The number of anilines is 3. The van der Waals surface area contributed by atoms with Crippen molar-refractivity contribution in [2.24, 2.45) is 35.5 Å². The standard InChI is InChI=1S/C40H52N10O3/c1-50(21-29-20-43-35-33(44-29)34(41)46-38(42)47-35)30-4-2-28(3-5-30)36(52)45-31(37(53)49-40-17-25-11-26(18-40)13-27(12-25)19-40)6-7-32(51)48-39-14-22-8-23(15-39)10-24(9-22)16-39/h2-5,20,22-27,31H,6-19,21H2,1H3,(H,45,52)(H,48,51)(H,49,53)(H4,41,42,43,46,47). The molecular formula is C40H52N10O3. The van der Waals surface area contributed by atoms with Gasteiger partial charge in [0, 0.05) is 35.8 Å². The topological polar surface area (TPSA) is 194 Å². The van der Waals surface area contributed by atoms with Crippen molar-refractivity contribution < 1.29 is 14.4 Å². The molecule has 8 aliphatic rings. The van der Waals surface area contributed by atoms with Gasteiger partial charge in [0.25, 0.3) is 5.91 Å². The maximum Gasteiger partial charge on any atom is 0.251 e. The van der Waals surface area contributed by atoms with Crippen molar-refractivity contribution in [3.8, 4) is 0 Å². The SMILES string of the molecule is CN(Cc1cnc2nc(N)nc(N)c2n1)c1ccc(C(=O)NC(CCC(=O)NC23CC4CC(CC(C4)C2)C3)C(=O)NC23CC4CC(CC(C4)C2)C3)cc1. The number of hydrogen-bond acceptors (Lipinski definition) is 10. The maximum absolute atomic E-state index is 14.2. The number of nitrogens with one attached hydrogen (secondary N) is 3. The number of amides is 3. The summed E-state index contributed by atoms with van der Waals surface area (Å²) < 4.78 is 0. The van der Waals surface area contributed by atoms with Gasteiger partial charge in [-0.15, -0.1) is 0 Å². The molecule has 1 aromatic carbocycles. The van der Waals surface area contributed by atoms with Crippen LogP contribution in [0, 0.1) is 35.5 Å². The number of fused-ring (bicyclic) bond motifs is 1. The van der Waals surface area contributed by atoms with Gasteiger partial charge in [-0.25, -0.2) is 9.97 Å². The van der Waals surface area contributed by atoms with Crippen LogP contribution in [0.1, 0.15) is 106 Å². The summed E-state index contributed by atoms with van der Waals surface area (Å²) in [5, 5.41) is 9.99. The summed E-state index contributed by atoms with van der Waals surface area (Å²) in [5.41, 5.74) is 14.1. The highest BCUT2D eigenvalue weighted by Crippen LogP contribution is 2.56. The lowest BCUT2D eigenvalue weighted by molar-refractivity contribution is -0.129. The molecule has 13 nitrogen and oxygen atoms in total. The molecular weight excluding hydrogens is 669 g/mol. The van der Waals surface area contributed by atoms with E-state index in [-0.39, 0.29) is 53.4 Å². The molecule has 13 heteroatoms. The van der Waals surface area contributed by atoms with Crippen LogP contribution in [-0.4, -0.2) is 61.8 Å². The summed E-state index contributed by atoms with van der Waals surface area (Å²) in [5.74, 6) is 3.95. The summed E-state index contributed by atoms with van der Waals surface area (Å²) in [6.07, 6.45) is 16.2. The number of nitrogens with two attached hydrogens (primary N) is 2. The van der Waals surface area contributed by atoms with Crippen molar-refractivity contribution in [3.63, 3.8) is 0 Å². The van der Waals surface area contributed by atoms with Gasteiger partial charge in [0.1, 0.15) is 6.04 Å². The molecule has 0 aliphatic heterocycles. The van der Waals surface area contributed by atoms with E-state index in [1.54, 1.807) is 18.3 Å².